The van der Waals surface area contributed by atoms with Gasteiger partial charge in [0.1, 0.15) is 18.3 Å². The Morgan fingerprint density at radius 1 is 1.28 bits per heavy atom. The Balaban J connectivity index is 2.98. The quantitative estimate of drug-likeness (QED) is 0.512. The van der Waals surface area contributed by atoms with Crippen molar-refractivity contribution in [3.05, 3.63) is 0 Å². The molecule has 1 rings (SSSR count). The van der Waals surface area contributed by atoms with E-state index in [-0.39, 0.29) is 17.9 Å². The Labute approximate surface area is 107 Å². The number of ether oxygens (including phenoxy) is 1. The van der Waals surface area contributed by atoms with Crippen LogP contribution in [0.3, 0.4) is 0 Å². The minimum Gasteiger partial charge on any atom is -0.394 e. The molecule has 0 saturated carbocycles. The molecule has 1 saturated heterocycles. The molecule has 0 spiro atoms. The number of rotatable bonds is 2. The van der Waals surface area contributed by atoms with Gasteiger partial charge in [-0.3, -0.25) is 4.79 Å². The summed E-state index contributed by atoms with van der Waals surface area (Å²) < 4.78 is 5.62. The smallest absolute Gasteiger partial charge is 0.217 e. The first-order chi connectivity index (χ1) is 8.18. The van der Waals surface area contributed by atoms with Crippen molar-refractivity contribution in [2.45, 2.75) is 58.2 Å². The van der Waals surface area contributed by atoms with Crippen molar-refractivity contribution in [1.82, 2.24) is 5.32 Å². The molecule has 0 aromatic heterocycles. The van der Waals surface area contributed by atoms with Gasteiger partial charge in [-0.2, -0.15) is 0 Å². The molecule has 1 aliphatic rings. The molecule has 1 aliphatic heterocycles. The standard InChI is InChI=1S/C12H23NO5/c1-6(15)13-8-10(17)9(16)7(5-14)18-11(8)12(2,3)4/h7-11,14,16-17H,5H2,1-4H3,(H,13,15)/t7?,8?,9-,10?,11-/m1/s1. The highest BCUT2D eigenvalue weighted by Crippen LogP contribution is 2.32. The summed E-state index contributed by atoms with van der Waals surface area (Å²) in [7, 11) is 0. The molecule has 0 aromatic rings. The minimum absolute atomic E-state index is 0.299. The maximum absolute atomic E-state index is 11.2. The predicted molar refractivity (Wildman–Crippen MR) is 64.8 cm³/mol. The topological polar surface area (TPSA) is 99.0 Å². The first-order valence-corrected chi connectivity index (χ1v) is 6.08. The number of carbonyl (C=O) groups is 1. The fourth-order valence-corrected chi connectivity index (χ4v) is 2.25. The number of aliphatic hydroxyl groups is 3. The van der Waals surface area contributed by atoms with Gasteiger partial charge in [0, 0.05) is 6.92 Å². The number of hydrogen-bond donors (Lipinski definition) is 4. The van der Waals surface area contributed by atoms with Crippen LogP contribution in [0.2, 0.25) is 0 Å². The van der Waals surface area contributed by atoms with Crippen LogP contribution in [-0.4, -0.2) is 58.3 Å². The summed E-state index contributed by atoms with van der Waals surface area (Å²) in [5.41, 5.74) is -0.346. The van der Waals surface area contributed by atoms with Crippen molar-refractivity contribution in [2.24, 2.45) is 5.41 Å². The lowest BCUT2D eigenvalue weighted by Crippen LogP contribution is -2.66. The van der Waals surface area contributed by atoms with Crippen molar-refractivity contribution in [2.75, 3.05) is 6.61 Å². The number of amides is 1. The lowest BCUT2D eigenvalue weighted by atomic mass is 9.78. The van der Waals surface area contributed by atoms with Gasteiger partial charge in [0.25, 0.3) is 0 Å². The molecule has 1 heterocycles. The van der Waals surface area contributed by atoms with Crippen molar-refractivity contribution >= 4 is 5.91 Å². The first-order valence-electron chi connectivity index (χ1n) is 6.08. The molecule has 0 aromatic carbocycles. The molecule has 106 valence electrons. The van der Waals surface area contributed by atoms with Crippen LogP contribution in [0.5, 0.6) is 0 Å². The predicted octanol–water partition coefficient (Wildman–Crippen LogP) is -0.981. The van der Waals surface area contributed by atoms with Gasteiger partial charge in [0.15, 0.2) is 0 Å². The highest BCUT2D eigenvalue weighted by atomic mass is 16.5. The van der Waals surface area contributed by atoms with E-state index in [1.54, 1.807) is 0 Å². The molecule has 18 heavy (non-hydrogen) atoms. The van der Waals surface area contributed by atoms with Crippen molar-refractivity contribution < 1.29 is 24.9 Å². The van der Waals surface area contributed by atoms with Gasteiger partial charge >= 0.3 is 0 Å². The number of aliphatic hydroxyl groups excluding tert-OH is 3. The van der Waals surface area contributed by atoms with Gasteiger partial charge in [-0.15, -0.1) is 0 Å². The third-order valence-electron chi connectivity index (χ3n) is 3.15. The van der Waals surface area contributed by atoms with Crippen LogP contribution >= 0.6 is 0 Å². The monoisotopic (exact) mass is 261 g/mol. The highest BCUT2D eigenvalue weighted by molar-refractivity contribution is 5.73. The second-order valence-electron chi connectivity index (χ2n) is 5.85. The molecule has 1 fully saturated rings. The van der Waals surface area contributed by atoms with Crippen LogP contribution in [0, 0.1) is 5.41 Å². The molecule has 0 aliphatic carbocycles. The third kappa shape index (κ3) is 3.20. The zero-order chi connectivity index (χ0) is 14.1. The Kier molecular flexibility index (Phi) is 4.72. The van der Waals surface area contributed by atoms with E-state index in [2.05, 4.69) is 5.32 Å². The van der Waals surface area contributed by atoms with Crippen molar-refractivity contribution in [3.63, 3.8) is 0 Å². The molecule has 0 radical (unpaired) electrons. The average molecular weight is 261 g/mol. The molecular formula is C12H23NO5. The maximum atomic E-state index is 11.2. The zero-order valence-corrected chi connectivity index (χ0v) is 11.3. The molecule has 4 N–H and O–H groups in total. The van der Waals surface area contributed by atoms with E-state index >= 15 is 0 Å². The summed E-state index contributed by atoms with van der Waals surface area (Å²) in [5, 5.41) is 31.6. The van der Waals surface area contributed by atoms with E-state index in [9.17, 15) is 15.0 Å². The number of nitrogens with one attached hydrogen (secondary N) is 1. The Morgan fingerprint density at radius 2 is 1.83 bits per heavy atom. The van der Waals surface area contributed by atoms with Crippen LogP contribution < -0.4 is 5.32 Å². The van der Waals surface area contributed by atoms with Crippen LogP contribution in [0.15, 0.2) is 0 Å². The molecule has 3 unspecified atom stereocenters. The molecule has 6 heteroatoms. The van der Waals surface area contributed by atoms with Gasteiger partial charge in [-0.25, -0.2) is 0 Å². The van der Waals surface area contributed by atoms with Crippen LogP contribution in [0.25, 0.3) is 0 Å². The molecule has 6 nitrogen and oxygen atoms in total. The minimum atomic E-state index is -1.22. The Bertz CT molecular complexity index is 301. The Hall–Kier alpha value is -0.690. The number of carbonyl (C=O) groups excluding carboxylic acids is 1. The van der Waals surface area contributed by atoms with Crippen molar-refractivity contribution in [3.8, 4) is 0 Å². The van der Waals surface area contributed by atoms with E-state index < -0.39 is 30.5 Å². The lowest BCUT2D eigenvalue weighted by Gasteiger charge is -2.47. The maximum Gasteiger partial charge on any atom is 0.217 e. The average Bonchev–Trinajstić information content (AvgIpc) is 2.23. The normalized spacial score (nSPS) is 37.4. The summed E-state index contributed by atoms with van der Waals surface area (Å²) >= 11 is 0. The summed E-state index contributed by atoms with van der Waals surface area (Å²) in [6.45, 7) is 6.69. The summed E-state index contributed by atoms with van der Waals surface area (Å²) in [6, 6.07) is -0.694. The fraction of sp³-hybridized carbons (Fsp3) is 0.917. The summed E-state index contributed by atoms with van der Waals surface area (Å²) in [6.07, 6.45) is -3.71. The summed E-state index contributed by atoms with van der Waals surface area (Å²) in [5.74, 6) is -0.299. The third-order valence-corrected chi connectivity index (χ3v) is 3.15. The highest BCUT2D eigenvalue weighted by Gasteiger charge is 2.48. The zero-order valence-electron chi connectivity index (χ0n) is 11.3. The van der Waals surface area contributed by atoms with Gasteiger partial charge in [0.2, 0.25) is 5.91 Å². The van der Waals surface area contributed by atoms with Gasteiger partial charge in [-0.1, -0.05) is 20.8 Å². The van der Waals surface area contributed by atoms with E-state index in [4.69, 9.17) is 9.84 Å². The molecule has 0 bridgehead atoms. The fourth-order valence-electron chi connectivity index (χ4n) is 2.25. The van der Waals surface area contributed by atoms with Crippen LogP contribution in [0.4, 0.5) is 0 Å². The Morgan fingerprint density at radius 3 is 2.22 bits per heavy atom. The molecule has 5 atom stereocenters. The van der Waals surface area contributed by atoms with Gasteiger partial charge in [-0.05, 0) is 5.41 Å². The van der Waals surface area contributed by atoms with E-state index in [1.165, 1.54) is 6.92 Å². The lowest BCUT2D eigenvalue weighted by molar-refractivity contribution is -0.216. The van der Waals surface area contributed by atoms with Crippen LogP contribution in [0.1, 0.15) is 27.7 Å². The SMILES string of the molecule is CC(=O)NC1C(O)[C@H](O)C(CO)O[C@H]1C(C)(C)C. The van der Waals surface area contributed by atoms with E-state index in [0.717, 1.165) is 0 Å². The first kappa shape index (κ1) is 15.4. The van der Waals surface area contributed by atoms with Gasteiger partial charge in [0.05, 0.1) is 18.8 Å². The summed E-state index contributed by atoms with van der Waals surface area (Å²) in [4.78, 5) is 11.2. The van der Waals surface area contributed by atoms with E-state index in [1.807, 2.05) is 20.8 Å². The van der Waals surface area contributed by atoms with E-state index in [0.29, 0.717) is 0 Å². The molecule has 1 amide bonds. The molecular weight excluding hydrogens is 238 g/mol. The second kappa shape index (κ2) is 5.52. The van der Waals surface area contributed by atoms with Crippen molar-refractivity contribution in [1.29, 1.82) is 0 Å². The number of hydrogen-bond acceptors (Lipinski definition) is 5. The van der Waals surface area contributed by atoms with Gasteiger partial charge < -0.3 is 25.4 Å². The largest absolute Gasteiger partial charge is 0.394 e. The second-order valence-corrected chi connectivity index (χ2v) is 5.85. The van der Waals surface area contributed by atoms with Crippen LogP contribution in [-0.2, 0) is 9.53 Å².